The van der Waals surface area contributed by atoms with E-state index in [-0.39, 0.29) is 13.1 Å². The highest BCUT2D eigenvalue weighted by atomic mass is 32.3. The standard InChI is InChI=1S/C18H34N4O4S2/c1-18(27(23,24)21-16-12-8-4-2-6-10-14-19)28(25,26)22-17-13-9-5-3-7-11-15-20/h18,21-22H,2-13,16-17H2,1H3. The van der Waals surface area contributed by atoms with E-state index < -0.39 is 24.6 Å². The second-order valence-corrected chi connectivity index (χ2v) is 11.3. The maximum Gasteiger partial charge on any atom is 0.230 e. The van der Waals surface area contributed by atoms with Crippen LogP contribution in [0.4, 0.5) is 0 Å². The van der Waals surface area contributed by atoms with Crippen LogP contribution >= 0.6 is 0 Å². The molecule has 0 saturated heterocycles. The molecule has 162 valence electrons. The molecule has 28 heavy (non-hydrogen) atoms. The Labute approximate surface area is 170 Å². The number of nitriles is 2. The van der Waals surface area contributed by atoms with Gasteiger partial charge < -0.3 is 0 Å². The van der Waals surface area contributed by atoms with Gasteiger partial charge in [0.1, 0.15) is 0 Å². The van der Waals surface area contributed by atoms with Crippen molar-refractivity contribution < 1.29 is 16.8 Å². The molecule has 0 radical (unpaired) electrons. The normalized spacial score (nSPS) is 12.0. The van der Waals surface area contributed by atoms with Crippen molar-refractivity contribution in [1.29, 1.82) is 10.5 Å². The van der Waals surface area contributed by atoms with Gasteiger partial charge in [-0.15, -0.1) is 0 Å². The third-order valence-electron chi connectivity index (χ3n) is 4.41. The van der Waals surface area contributed by atoms with Gasteiger partial charge in [0.15, 0.2) is 4.58 Å². The Morgan fingerprint density at radius 2 is 0.964 bits per heavy atom. The van der Waals surface area contributed by atoms with Crippen LogP contribution in [0.15, 0.2) is 0 Å². The third kappa shape index (κ3) is 13.1. The summed E-state index contributed by atoms with van der Waals surface area (Å²) in [5, 5.41) is 16.9. The highest BCUT2D eigenvalue weighted by Crippen LogP contribution is 2.09. The Kier molecular flexibility index (Phi) is 15.0. The van der Waals surface area contributed by atoms with Gasteiger partial charge in [-0.1, -0.05) is 38.5 Å². The zero-order valence-electron chi connectivity index (χ0n) is 16.8. The Morgan fingerprint density at radius 3 is 1.32 bits per heavy atom. The van der Waals surface area contributed by atoms with Crippen molar-refractivity contribution >= 4 is 20.0 Å². The fraction of sp³-hybridized carbons (Fsp3) is 0.889. The molecule has 0 aliphatic heterocycles. The van der Waals surface area contributed by atoms with Gasteiger partial charge in [0.2, 0.25) is 20.0 Å². The molecule has 0 bridgehead atoms. The Hall–Kier alpha value is -1.20. The quantitative estimate of drug-likeness (QED) is 0.318. The minimum absolute atomic E-state index is 0.211. The molecule has 0 aromatic rings. The molecule has 0 heterocycles. The number of nitrogens with zero attached hydrogens (tertiary/aromatic N) is 2. The van der Waals surface area contributed by atoms with E-state index in [0.717, 1.165) is 51.4 Å². The molecule has 10 heteroatoms. The van der Waals surface area contributed by atoms with Crippen LogP contribution in [-0.2, 0) is 20.0 Å². The van der Waals surface area contributed by atoms with E-state index in [2.05, 4.69) is 21.6 Å². The minimum Gasteiger partial charge on any atom is -0.214 e. The lowest BCUT2D eigenvalue weighted by atomic mass is 10.1. The van der Waals surface area contributed by atoms with Gasteiger partial charge in [-0.2, -0.15) is 10.5 Å². The van der Waals surface area contributed by atoms with Crippen LogP contribution in [0.3, 0.4) is 0 Å². The van der Waals surface area contributed by atoms with Gasteiger partial charge in [-0.3, -0.25) is 0 Å². The predicted octanol–water partition coefficient (Wildman–Crippen LogP) is 2.90. The molecule has 0 rings (SSSR count). The van der Waals surface area contributed by atoms with Gasteiger partial charge in [-0.05, 0) is 32.6 Å². The van der Waals surface area contributed by atoms with Crippen LogP contribution in [0.5, 0.6) is 0 Å². The SMILES string of the molecule is CC(S(=O)(=O)NCCCCCCCC#N)S(=O)(=O)NCCCCCCCC#N. The fourth-order valence-electron chi connectivity index (χ4n) is 2.55. The van der Waals surface area contributed by atoms with Gasteiger partial charge in [0.25, 0.3) is 0 Å². The molecule has 8 nitrogen and oxygen atoms in total. The molecule has 0 fully saturated rings. The van der Waals surface area contributed by atoms with E-state index in [0.29, 0.717) is 25.7 Å². The lowest BCUT2D eigenvalue weighted by Crippen LogP contribution is -2.43. The average molecular weight is 435 g/mol. The molecule has 0 unspecified atom stereocenters. The van der Waals surface area contributed by atoms with Crippen LogP contribution in [0, 0.1) is 22.7 Å². The summed E-state index contributed by atoms with van der Waals surface area (Å²) < 4.78 is 52.0. The summed E-state index contributed by atoms with van der Waals surface area (Å²) in [5.41, 5.74) is 0. The molecule has 0 saturated carbocycles. The Bertz CT molecular complexity index is 634. The molecule has 0 aliphatic carbocycles. The second kappa shape index (κ2) is 15.7. The van der Waals surface area contributed by atoms with Gasteiger partial charge >= 0.3 is 0 Å². The van der Waals surface area contributed by atoms with E-state index in [9.17, 15) is 16.8 Å². The average Bonchev–Trinajstić information content (AvgIpc) is 2.65. The molecular weight excluding hydrogens is 400 g/mol. The van der Waals surface area contributed by atoms with Crippen LogP contribution < -0.4 is 9.44 Å². The summed E-state index contributed by atoms with van der Waals surface area (Å²) >= 11 is 0. The lowest BCUT2D eigenvalue weighted by molar-refractivity contribution is 0.552. The van der Waals surface area contributed by atoms with Crippen molar-refractivity contribution in [1.82, 2.24) is 9.44 Å². The topological polar surface area (TPSA) is 140 Å². The van der Waals surface area contributed by atoms with Gasteiger partial charge in [0, 0.05) is 25.9 Å². The first-order valence-electron chi connectivity index (χ1n) is 9.99. The zero-order chi connectivity index (χ0) is 21.3. The molecule has 0 spiro atoms. The summed E-state index contributed by atoms with van der Waals surface area (Å²) in [6, 6.07) is 4.17. The largest absolute Gasteiger partial charge is 0.230 e. The third-order valence-corrected chi connectivity index (χ3v) is 8.89. The van der Waals surface area contributed by atoms with Crippen molar-refractivity contribution in [2.24, 2.45) is 0 Å². The van der Waals surface area contributed by atoms with Crippen molar-refractivity contribution in [2.75, 3.05) is 13.1 Å². The van der Waals surface area contributed by atoms with Gasteiger partial charge in [-0.25, -0.2) is 26.3 Å². The Balaban J connectivity index is 4.06. The van der Waals surface area contributed by atoms with Crippen LogP contribution in [-0.4, -0.2) is 34.5 Å². The first-order valence-corrected chi connectivity index (χ1v) is 13.1. The number of hydrogen-bond acceptors (Lipinski definition) is 6. The number of nitrogens with one attached hydrogen (secondary N) is 2. The maximum atomic E-state index is 12.2. The highest BCUT2D eigenvalue weighted by molar-refractivity contribution is 8.07. The van der Waals surface area contributed by atoms with Crippen molar-refractivity contribution in [3.63, 3.8) is 0 Å². The summed E-state index contributed by atoms with van der Waals surface area (Å²) in [4.78, 5) is 0. The lowest BCUT2D eigenvalue weighted by Gasteiger charge is -2.15. The molecule has 0 aromatic heterocycles. The second-order valence-electron chi connectivity index (χ2n) is 6.80. The fourth-order valence-corrected chi connectivity index (χ4v) is 5.62. The molecule has 0 aromatic carbocycles. The molecule has 0 aliphatic rings. The minimum atomic E-state index is -3.95. The van der Waals surface area contributed by atoms with Gasteiger partial charge in [0.05, 0.1) is 12.1 Å². The summed E-state index contributed by atoms with van der Waals surface area (Å²) in [5.74, 6) is 0. The number of unbranched alkanes of at least 4 members (excludes halogenated alkanes) is 10. The Morgan fingerprint density at radius 1 is 0.643 bits per heavy atom. The smallest absolute Gasteiger partial charge is 0.214 e. The summed E-state index contributed by atoms with van der Waals surface area (Å²) in [6.07, 6.45) is 9.45. The van der Waals surface area contributed by atoms with E-state index >= 15 is 0 Å². The predicted molar refractivity (Wildman–Crippen MR) is 110 cm³/mol. The highest BCUT2D eigenvalue weighted by Gasteiger charge is 2.32. The summed E-state index contributed by atoms with van der Waals surface area (Å²) in [7, 11) is -7.90. The number of hydrogen-bond donors (Lipinski definition) is 2. The summed E-state index contributed by atoms with van der Waals surface area (Å²) in [6.45, 7) is 1.60. The molecular formula is C18H34N4O4S2. The van der Waals surface area contributed by atoms with E-state index in [4.69, 9.17) is 10.5 Å². The first kappa shape index (κ1) is 26.8. The monoisotopic (exact) mass is 434 g/mol. The first-order chi connectivity index (χ1) is 13.3. The van der Waals surface area contributed by atoms with Crippen LogP contribution in [0.2, 0.25) is 0 Å². The van der Waals surface area contributed by atoms with Crippen LogP contribution in [0.25, 0.3) is 0 Å². The number of sulfonamides is 2. The van der Waals surface area contributed by atoms with Crippen molar-refractivity contribution in [3.8, 4) is 12.1 Å². The molecule has 2 N–H and O–H groups in total. The number of rotatable bonds is 18. The van der Waals surface area contributed by atoms with E-state index in [1.807, 2.05) is 0 Å². The van der Waals surface area contributed by atoms with Crippen molar-refractivity contribution in [3.05, 3.63) is 0 Å². The zero-order valence-corrected chi connectivity index (χ0v) is 18.5. The maximum absolute atomic E-state index is 12.2. The van der Waals surface area contributed by atoms with E-state index in [1.54, 1.807) is 0 Å². The van der Waals surface area contributed by atoms with E-state index in [1.165, 1.54) is 6.92 Å². The molecule has 0 atom stereocenters. The van der Waals surface area contributed by atoms with Crippen LogP contribution in [0.1, 0.15) is 84.0 Å². The molecule has 0 amide bonds. The van der Waals surface area contributed by atoms with Crippen molar-refractivity contribution in [2.45, 2.75) is 88.6 Å².